The third-order valence-electron chi connectivity index (χ3n) is 4.53. The van der Waals surface area contributed by atoms with E-state index in [0.29, 0.717) is 11.6 Å². The Morgan fingerprint density at radius 3 is 2.34 bits per heavy atom. The quantitative estimate of drug-likeness (QED) is 0.531. The summed E-state index contributed by atoms with van der Waals surface area (Å²) in [6.07, 6.45) is 0. The van der Waals surface area contributed by atoms with Crippen LogP contribution in [-0.2, 0) is 14.8 Å². The molecule has 168 valence electrons. The van der Waals surface area contributed by atoms with Gasteiger partial charge >= 0.3 is 0 Å². The van der Waals surface area contributed by atoms with E-state index in [1.165, 1.54) is 31.4 Å². The standard InChI is InChI=1S/C22H19F3N2O4S/c1-14-8-11-18(31-2)19(12-14)32(29,30)27(15-6-4-3-5-7-15)13-20(28)26-17-10-9-16(23)21(24)22(17)25/h3-12H,13H2,1-2H3,(H,26,28). The molecule has 0 atom stereocenters. The number of carbonyl (C=O) groups is 1. The zero-order valence-corrected chi connectivity index (χ0v) is 17.9. The van der Waals surface area contributed by atoms with Crippen molar-refractivity contribution in [2.24, 2.45) is 0 Å². The van der Waals surface area contributed by atoms with Gasteiger partial charge in [0.2, 0.25) is 5.91 Å². The molecule has 1 N–H and O–H groups in total. The zero-order chi connectivity index (χ0) is 23.5. The minimum Gasteiger partial charge on any atom is -0.495 e. The molecule has 0 spiro atoms. The Bertz CT molecular complexity index is 1250. The van der Waals surface area contributed by atoms with Crippen molar-refractivity contribution in [3.63, 3.8) is 0 Å². The Balaban J connectivity index is 2.00. The lowest BCUT2D eigenvalue weighted by atomic mass is 10.2. The van der Waals surface area contributed by atoms with Crippen molar-refractivity contribution in [3.8, 4) is 5.75 Å². The molecule has 0 bridgehead atoms. The fourth-order valence-corrected chi connectivity index (χ4v) is 4.62. The number of nitrogens with zero attached hydrogens (tertiary/aromatic N) is 1. The van der Waals surface area contributed by atoms with Crippen LogP contribution in [0.4, 0.5) is 24.5 Å². The van der Waals surface area contributed by atoms with E-state index in [1.807, 2.05) is 0 Å². The number of carbonyl (C=O) groups excluding carboxylic acids is 1. The van der Waals surface area contributed by atoms with Crippen molar-refractivity contribution >= 4 is 27.3 Å². The summed E-state index contributed by atoms with van der Waals surface area (Å²) in [4.78, 5) is 12.4. The second kappa shape index (κ2) is 9.31. The van der Waals surface area contributed by atoms with Gasteiger partial charge in [-0.25, -0.2) is 21.6 Å². The first-order valence-corrected chi connectivity index (χ1v) is 10.7. The number of halogens is 3. The molecule has 10 heteroatoms. The van der Waals surface area contributed by atoms with E-state index in [4.69, 9.17) is 4.74 Å². The average Bonchev–Trinajstić information content (AvgIpc) is 2.78. The molecule has 3 rings (SSSR count). The number of anilines is 2. The summed E-state index contributed by atoms with van der Waals surface area (Å²) in [6, 6.07) is 13.8. The van der Waals surface area contributed by atoms with Crippen molar-refractivity contribution in [2.75, 3.05) is 23.3 Å². The van der Waals surface area contributed by atoms with Crippen LogP contribution >= 0.6 is 0 Å². The molecule has 0 aliphatic carbocycles. The number of para-hydroxylation sites is 1. The predicted octanol–water partition coefficient (Wildman–Crippen LogP) is 4.25. The molecular weight excluding hydrogens is 445 g/mol. The van der Waals surface area contributed by atoms with Crippen molar-refractivity contribution in [3.05, 3.63) is 83.7 Å². The number of amides is 1. The third kappa shape index (κ3) is 4.70. The SMILES string of the molecule is COc1ccc(C)cc1S(=O)(=O)N(CC(=O)Nc1ccc(F)c(F)c1F)c1ccccc1. The lowest BCUT2D eigenvalue weighted by molar-refractivity contribution is -0.114. The second-order valence-electron chi connectivity index (χ2n) is 6.77. The van der Waals surface area contributed by atoms with E-state index < -0.39 is 45.6 Å². The van der Waals surface area contributed by atoms with Crippen LogP contribution < -0.4 is 14.4 Å². The molecule has 3 aromatic rings. The normalized spacial score (nSPS) is 11.2. The van der Waals surface area contributed by atoms with Gasteiger partial charge in [-0.3, -0.25) is 9.10 Å². The average molecular weight is 464 g/mol. The lowest BCUT2D eigenvalue weighted by Crippen LogP contribution is -2.38. The van der Waals surface area contributed by atoms with Crippen LogP contribution in [0.3, 0.4) is 0 Å². The van der Waals surface area contributed by atoms with Gasteiger partial charge in [-0.05, 0) is 48.9 Å². The van der Waals surface area contributed by atoms with Gasteiger partial charge < -0.3 is 10.1 Å². The molecule has 0 saturated carbocycles. The molecule has 3 aromatic carbocycles. The largest absolute Gasteiger partial charge is 0.495 e. The molecule has 0 aliphatic heterocycles. The number of benzene rings is 3. The van der Waals surface area contributed by atoms with E-state index in [0.717, 1.165) is 10.4 Å². The van der Waals surface area contributed by atoms with Gasteiger partial charge in [0.1, 0.15) is 17.2 Å². The number of nitrogens with one attached hydrogen (secondary N) is 1. The lowest BCUT2D eigenvalue weighted by Gasteiger charge is -2.25. The van der Waals surface area contributed by atoms with Gasteiger partial charge in [-0.2, -0.15) is 0 Å². The van der Waals surface area contributed by atoms with Crippen molar-refractivity contribution in [1.82, 2.24) is 0 Å². The van der Waals surface area contributed by atoms with Gasteiger partial charge in [0.25, 0.3) is 10.0 Å². The van der Waals surface area contributed by atoms with Crippen LogP contribution in [0.2, 0.25) is 0 Å². The minimum atomic E-state index is -4.31. The predicted molar refractivity (Wildman–Crippen MR) is 114 cm³/mol. The van der Waals surface area contributed by atoms with E-state index in [9.17, 15) is 26.4 Å². The smallest absolute Gasteiger partial charge is 0.268 e. The summed E-state index contributed by atoms with van der Waals surface area (Å²) in [7, 11) is -3.00. The van der Waals surface area contributed by atoms with E-state index in [2.05, 4.69) is 5.32 Å². The maximum atomic E-state index is 13.9. The minimum absolute atomic E-state index is 0.0728. The van der Waals surface area contributed by atoms with Crippen molar-refractivity contribution in [1.29, 1.82) is 0 Å². The van der Waals surface area contributed by atoms with Crippen LogP contribution in [0.5, 0.6) is 5.75 Å². The molecule has 0 aromatic heterocycles. The summed E-state index contributed by atoms with van der Waals surface area (Å²) in [5, 5.41) is 2.08. The Morgan fingerprint density at radius 1 is 1.00 bits per heavy atom. The number of hydrogen-bond donors (Lipinski definition) is 1. The number of ether oxygens (including phenoxy) is 1. The summed E-state index contributed by atoms with van der Waals surface area (Å²) >= 11 is 0. The van der Waals surface area contributed by atoms with Gasteiger partial charge in [0.15, 0.2) is 17.5 Å². The highest BCUT2D eigenvalue weighted by Gasteiger charge is 2.30. The maximum absolute atomic E-state index is 13.9. The first kappa shape index (κ1) is 23.1. The molecule has 0 heterocycles. The van der Waals surface area contributed by atoms with Crippen LogP contribution in [0, 0.1) is 24.4 Å². The van der Waals surface area contributed by atoms with Crippen LogP contribution in [0.25, 0.3) is 0 Å². The first-order chi connectivity index (χ1) is 15.1. The molecule has 0 radical (unpaired) electrons. The Hall–Kier alpha value is -3.53. The van der Waals surface area contributed by atoms with Crippen molar-refractivity contribution in [2.45, 2.75) is 11.8 Å². The summed E-state index contributed by atoms with van der Waals surface area (Å²) in [6.45, 7) is 0.936. The summed E-state index contributed by atoms with van der Waals surface area (Å²) in [5.74, 6) is -5.65. The molecule has 0 saturated heterocycles. The third-order valence-corrected chi connectivity index (χ3v) is 6.32. The fourth-order valence-electron chi connectivity index (χ4n) is 2.96. The summed E-state index contributed by atoms with van der Waals surface area (Å²) < 4.78 is 73.6. The van der Waals surface area contributed by atoms with E-state index in [1.54, 1.807) is 31.2 Å². The van der Waals surface area contributed by atoms with Gasteiger partial charge in [0, 0.05) is 0 Å². The molecule has 1 amide bonds. The number of rotatable bonds is 7. The molecule has 0 aliphatic rings. The van der Waals surface area contributed by atoms with E-state index >= 15 is 0 Å². The highest BCUT2D eigenvalue weighted by molar-refractivity contribution is 7.93. The topological polar surface area (TPSA) is 75.7 Å². The number of methoxy groups -OCH3 is 1. The van der Waals surface area contributed by atoms with Gasteiger partial charge in [-0.15, -0.1) is 0 Å². The zero-order valence-electron chi connectivity index (χ0n) is 17.1. The highest BCUT2D eigenvalue weighted by atomic mass is 32.2. The van der Waals surface area contributed by atoms with Gasteiger partial charge in [-0.1, -0.05) is 24.3 Å². The highest BCUT2D eigenvalue weighted by Crippen LogP contribution is 2.31. The molecule has 0 unspecified atom stereocenters. The van der Waals surface area contributed by atoms with Gasteiger partial charge in [0.05, 0.1) is 18.5 Å². The molecule has 6 nitrogen and oxygen atoms in total. The molecular formula is C22H19F3N2O4S. The van der Waals surface area contributed by atoms with Crippen LogP contribution in [0.15, 0.2) is 65.6 Å². The summed E-state index contributed by atoms with van der Waals surface area (Å²) in [5.41, 5.74) is 0.190. The first-order valence-electron chi connectivity index (χ1n) is 9.31. The number of aryl methyl sites for hydroxylation is 1. The second-order valence-corrected chi connectivity index (χ2v) is 8.60. The Kier molecular flexibility index (Phi) is 6.73. The van der Waals surface area contributed by atoms with E-state index in [-0.39, 0.29) is 16.3 Å². The Morgan fingerprint density at radius 2 is 1.69 bits per heavy atom. The number of sulfonamides is 1. The number of hydrogen-bond acceptors (Lipinski definition) is 4. The van der Waals surface area contributed by atoms with Crippen LogP contribution in [-0.4, -0.2) is 28.0 Å². The van der Waals surface area contributed by atoms with Crippen molar-refractivity contribution < 1.29 is 31.1 Å². The molecule has 0 fully saturated rings. The Labute approximate surface area is 183 Å². The van der Waals surface area contributed by atoms with Crippen LogP contribution in [0.1, 0.15) is 5.56 Å². The monoisotopic (exact) mass is 464 g/mol. The molecule has 32 heavy (non-hydrogen) atoms. The fraction of sp³-hybridized carbons (Fsp3) is 0.136. The maximum Gasteiger partial charge on any atom is 0.268 e.